The lowest BCUT2D eigenvalue weighted by Gasteiger charge is -2.32. The Labute approximate surface area is 69.9 Å². The van der Waals surface area contributed by atoms with Crippen molar-refractivity contribution in [3.63, 3.8) is 0 Å². The molecular weight excluding hydrogens is 193 g/mol. The molecule has 1 heterocycles. The van der Waals surface area contributed by atoms with E-state index in [9.17, 15) is 22.8 Å². The number of rotatable bonds is 0. The van der Waals surface area contributed by atoms with E-state index in [2.05, 4.69) is 0 Å². The fourth-order valence-electron chi connectivity index (χ4n) is 0.768. The number of carbonyl (C=O) groups excluding carboxylic acids is 2. The predicted octanol–water partition coefficient (Wildman–Crippen LogP) is -0.881. The first kappa shape index (κ1) is 9.78. The van der Waals surface area contributed by atoms with Gasteiger partial charge in [0, 0.05) is 0 Å². The molecular formula is C5H5F3N2O3. The van der Waals surface area contributed by atoms with Crippen molar-refractivity contribution in [3.05, 3.63) is 0 Å². The first-order valence-electron chi connectivity index (χ1n) is 3.16. The van der Waals surface area contributed by atoms with Crippen molar-refractivity contribution >= 4 is 11.9 Å². The molecule has 0 bridgehead atoms. The molecule has 1 unspecified atom stereocenters. The smallest absolute Gasteiger partial charge is 0.371 e. The standard InChI is InChI=1S/C5H5F3N2O3/c6-5(7,8)4(13)1-9-3(12)10-2(4)11/h13H,1H2,(H2,9,10,11,12). The van der Waals surface area contributed by atoms with Gasteiger partial charge in [0.2, 0.25) is 0 Å². The van der Waals surface area contributed by atoms with Crippen LogP contribution in [-0.4, -0.2) is 35.4 Å². The van der Waals surface area contributed by atoms with E-state index in [0.717, 1.165) is 0 Å². The molecule has 1 saturated heterocycles. The largest absolute Gasteiger partial charge is 0.428 e. The van der Waals surface area contributed by atoms with E-state index >= 15 is 0 Å². The molecule has 1 rings (SSSR count). The van der Waals surface area contributed by atoms with E-state index in [0.29, 0.717) is 0 Å². The summed E-state index contributed by atoms with van der Waals surface area (Å²) in [7, 11) is 0. The molecule has 0 radical (unpaired) electrons. The summed E-state index contributed by atoms with van der Waals surface area (Å²) in [5.74, 6) is -1.76. The summed E-state index contributed by atoms with van der Waals surface area (Å²) in [4.78, 5) is 21.0. The zero-order valence-corrected chi connectivity index (χ0v) is 6.10. The molecule has 1 aliphatic rings. The van der Waals surface area contributed by atoms with Crippen LogP contribution in [0.25, 0.3) is 0 Å². The van der Waals surface area contributed by atoms with Gasteiger partial charge in [0.1, 0.15) is 0 Å². The zero-order valence-electron chi connectivity index (χ0n) is 6.10. The average molecular weight is 198 g/mol. The third-order valence-corrected chi connectivity index (χ3v) is 1.58. The van der Waals surface area contributed by atoms with Gasteiger partial charge in [-0.1, -0.05) is 0 Å². The fourth-order valence-corrected chi connectivity index (χ4v) is 0.768. The van der Waals surface area contributed by atoms with Crippen LogP contribution in [0.4, 0.5) is 18.0 Å². The first-order chi connectivity index (χ1) is 5.77. The second-order valence-electron chi connectivity index (χ2n) is 2.49. The lowest BCUT2D eigenvalue weighted by Crippen LogP contribution is -2.69. The van der Waals surface area contributed by atoms with Crippen molar-refractivity contribution in [1.82, 2.24) is 10.6 Å². The van der Waals surface area contributed by atoms with Crippen LogP contribution < -0.4 is 10.6 Å². The molecule has 3 N–H and O–H groups in total. The maximum atomic E-state index is 12.0. The van der Waals surface area contributed by atoms with Crippen LogP contribution in [0.15, 0.2) is 0 Å². The van der Waals surface area contributed by atoms with Gasteiger partial charge in [0.25, 0.3) is 11.5 Å². The number of urea groups is 1. The molecule has 3 amide bonds. The Morgan fingerprint density at radius 2 is 1.92 bits per heavy atom. The molecule has 5 nitrogen and oxygen atoms in total. The normalized spacial score (nSPS) is 29.5. The van der Waals surface area contributed by atoms with Gasteiger partial charge in [-0.2, -0.15) is 13.2 Å². The Bertz CT molecular complexity index is 264. The van der Waals surface area contributed by atoms with Crippen molar-refractivity contribution < 1.29 is 27.9 Å². The second-order valence-corrected chi connectivity index (χ2v) is 2.49. The molecule has 0 aromatic heterocycles. The zero-order chi connectivity index (χ0) is 10.3. The molecule has 1 aliphatic heterocycles. The van der Waals surface area contributed by atoms with E-state index in [1.165, 1.54) is 5.32 Å². The van der Waals surface area contributed by atoms with Gasteiger partial charge in [-0.05, 0) is 0 Å². The van der Waals surface area contributed by atoms with Crippen LogP contribution in [-0.2, 0) is 4.79 Å². The minimum absolute atomic E-state index is 1.06. The SMILES string of the molecule is O=C1NCC(O)(C(F)(F)F)C(=O)N1. The second kappa shape index (κ2) is 2.59. The Kier molecular flexibility index (Phi) is 1.95. The summed E-state index contributed by atoms with van der Waals surface area (Å²) < 4.78 is 36.1. The van der Waals surface area contributed by atoms with E-state index in [-0.39, 0.29) is 0 Å². The summed E-state index contributed by atoms with van der Waals surface area (Å²) >= 11 is 0. The van der Waals surface area contributed by atoms with Gasteiger partial charge in [-0.25, -0.2) is 4.79 Å². The Hall–Kier alpha value is -1.31. The van der Waals surface area contributed by atoms with Crippen molar-refractivity contribution in [2.45, 2.75) is 11.8 Å². The molecule has 1 atom stereocenters. The molecule has 1 fully saturated rings. The van der Waals surface area contributed by atoms with Crippen LogP contribution in [0.5, 0.6) is 0 Å². The van der Waals surface area contributed by atoms with E-state index in [4.69, 9.17) is 5.11 Å². The minimum atomic E-state index is -5.11. The third kappa shape index (κ3) is 1.44. The molecule has 0 aromatic carbocycles. The highest BCUT2D eigenvalue weighted by Gasteiger charge is 2.61. The summed E-state index contributed by atoms with van der Waals surface area (Å²) in [5, 5.41) is 11.8. The van der Waals surface area contributed by atoms with Gasteiger partial charge in [-0.15, -0.1) is 0 Å². The highest BCUT2D eigenvalue weighted by atomic mass is 19.4. The topological polar surface area (TPSA) is 78.4 Å². The van der Waals surface area contributed by atoms with E-state index in [1.54, 1.807) is 5.32 Å². The average Bonchev–Trinajstić information content (AvgIpc) is 1.95. The molecule has 13 heavy (non-hydrogen) atoms. The lowest BCUT2D eigenvalue weighted by molar-refractivity contribution is -0.250. The molecule has 8 heteroatoms. The fraction of sp³-hybridized carbons (Fsp3) is 0.600. The number of imide groups is 1. The Balaban J connectivity index is 2.92. The van der Waals surface area contributed by atoms with Crippen LogP contribution in [0.1, 0.15) is 0 Å². The van der Waals surface area contributed by atoms with Crippen molar-refractivity contribution in [3.8, 4) is 0 Å². The summed E-state index contributed by atoms with van der Waals surface area (Å²) in [6, 6.07) is -1.06. The van der Waals surface area contributed by atoms with E-state index < -0.39 is 30.3 Å². The maximum Gasteiger partial charge on any atom is 0.428 e. The number of amides is 3. The van der Waals surface area contributed by atoms with Gasteiger partial charge < -0.3 is 10.4 Å². The summed E-state index contributed by atoms with van der Waals surface area (Å²) in [5.41, 5.74) is -3.53. The van der Waals surface area contributed by atoms with Crippen LogP contribution in [0.3, 0.4) is 0 Å². The van der Waals surface area contributed by atoms with Crippen LogP contribution >= 0.6 is 0 Å². The Morgan fingerprint density at radius 1 is 1.38 bits per heavy atom. The number of hydrogen-bond acceptors (Lipinski definition) is 3. The van der Waals surface area contributed by atoms with Gasteiger partial charge in [0.05, 0.1) is 6.54 Å². The maximum absolute atomic E-state index is 12.0. The number of aliphatic hydroxyl groups is 1. The van der Waals surface area contributed by atoms with Gasteiger partial charge >= 0.3 is 12.2 Å². The quantitative estimate of drug-likeness (QED) is 0.473. The summed E-state index contributed by atoms with van der Waals surface area (Å²) in [6.45, 7) is -1.17. The molecule has 0 aromatic rings. The lowest BCUT2D eigenvalue weighted by atomic mass is 10.0. The number of alkyl halides is 3. The molecule has 0 saturated carbocycles. The van der Waals surface area contributed by atoms with Crippen LogP contribution in [0.2, 0.25) is 0 Å². The molecule has 0 spiro atoms. The van der Waals surface area contributed by atoms with Gasteiger partial charge in [-0.3, -0.25) is 10.1 Å². The number of carbonyl (C=O) groups is 2. The first-order valence-corrected chi connectivity index (χ1v) is 3.16. The predicted molar refractivity (Wildman–Crippen MR) is 32.5 cm³/mol. The van der Waals surface area contributed by atoms with Crippen molar-refractivity contribution in [1.29, 1.82) is 0 Å². The number of halogens is 3. The number of nitrogens with one attached hydrogen (secondary N) is 2. The molecule has 0 aliphatic carbocycles. The van der Waals surface area contributed by atoms with Crippen molar-refractivity contribution in [2.24, 2.45) is 0 Å². The highest BCUT2D eigenvalue weighted by molar-refractivity contribution is 6.01. The number of β-amino-alcohol motifs (C(OH)–C–C–N with tert-alkyl or cyclic N) is 1. The van der Waals surface area contributed by atoms with Gasteiger partial charge in [0.15, 0.2) is 0 Å². The van der Waals surface area contributed by atoms with Crippen molar-refractivity contribution in [2.75, 3.05) is 6.54 Å². The van der Waals surface area contributed by atoms with E-state index in [1.807, 2.05) is 0 Å². The highest BCUT2D eigenvalue weighted by Crippen LogP contribution is 2.31. The van der Waals surface area contributed by atoms with Crippen LogP contribution in [0, 0.1) is 0 Å². The third-order valence-electron chi connectivity index (χ3n) is 1.58. The minimum Gasteiger partial charge on any atom is -0.371 e. The monoisotopic (exact) mass is 198 g/mol. The Morgan fingerprint density at radius 3 is 2.31 bits per heavy atom. The summed E-state index contributed by atoms with van der Waals surface area (Å²) in [6.07, 6.45) is -5.11. The molecule has 74 valence electrons. The number of hydrogen-bond donors (Lipinski definition) is 3.